The maximum atomic E-state index is 14.2. The van der Waals surface area contributed by atoms with E-state index in [0.29, 0.717) is 47.9 Å². The van der Waals surface area contributed by atoms with Crippen molar-refractivity contribution in [3.05, 3.63) is 108 Å². The number of benzene rings is 2. The van der Waals surface area contributed by atoms with Gasteiger partial charge in [-0.15, -0.1) is 0 Å². The summed E-state index contributed by atoms with van der Waals surface area (Å²) in [4.78, 5) is 78.7. The summed E-state index contributed by atoms with van der Waals surface area (Å²) in [5.74, 6) is -0.987. The number of carbonyl (C=O) groups excluding carboxylic acids is 5. The molecule has 3 aromatic heterocycles. The minimum atomic E-state index is -3.03. The Hall–Kier alpha value is -7.22. The summed E-state index contributed by atoms with van der Waals surface area (Å²) >= 11 is 0. The summed E-state index contributed by atoms with van der Waals surface area (Å²) in [6, 6.07) is 16.3. The van der Waals surface area contributed by atoms with Crippen molar-refractivity contribution in [1.29, 1.82) is 0 Å². The minimum absolute atomic E-state index is 0.00361. The summed E-state index contributed by atoms with van der Waals surface area (Å²) < 4.78 is 46.6. The predicted molar refractivity (Wildman–Crippen MR) is 243 cm³/mol. The van der Waals surface area contributed by atoms with Gasteiger partial charge >= 0.3 is 12.1 Å². The van der Waals surface area contributed by atoms with Crippen molar-refractivity contribution >= 4 is 41.3 Å². The first-order chi connectivity index (χ1) is 32.6. The van der Waals surface area contributed by atoms with Gasteiger partial charge in [-0.1, -0.05) is 63.2 Å². The van der Waals surface area contributed by atoms with Crippen molar-refractivity contribution in [2.45, 2.75) is 96.7 Å². The largest absolute Gasteiger partial charge is 0.459 e. The molecule has 68 heavy (non-hydrogen) atoms. The second-order valence-corrected chi connectivity index (χ2v) is 18.3. The summed E-state index contributed by atoms with van der Waals surface area (Å²) in [6.45, 7) is 6.53. The van der Waals surface area contributed by atoms with Crippen molar-refractivity contribution in [3.63, 3.8) is 0 Å². The van der Waals surface area contributed by atoms with Crippen LogP contribution in [0, 0.1) is 11.3 Å². The van der Waals surface area contributed by atoms with E-state index in [-0.39, 0.29) is 43.4 Å². The van der Waals surface area contributed by atoms with Crippen molar-refractivity contribution in [2.24, 2.45) is 17.1 Å². The number of pyridine rings is 1. The molecule has 8 rings (SSSR count). The number of anilines is 2. The van der Waals surface area contributed by atoms with Gasteiger partial charge in [0.05, 0.1) is 30.2 Å². The zero-order chi connectivity index (χ0) is 48.1. The van der Waals surface area contributed by atoms with Crippen LogP contribution < -0.4 is 21.7 Å². The number of likely N-dealkylation sites (tertiary alicyclic amines) is 2. The van der Waals surface area contributed by atoms with Gasteiger partial charge in [0, 0.05) is 37.8 Å². The standard InChI is InChI=1S/C48H54F2N10O8/c1-48(2,3)40(51)45(63)59-24-33(68-46(64)36-10-7-19-58(36)47(65)67-26-30-8-5-4-6-9-30)21-37(59)43(62)54-23-29-13-15-32(16-14-29)60-25-34(39(57-60)41(49)50)55-42(61)35-27-66-44(56-35)31-17-18-52-38(20-31)53-22-28-11-12-28/h4-6,8-9,13-18,20,25,27-28,33,36-37,40-41H,7,10-12,19,21-24,26,51H2,1-3H3,(H,52,53)(H,54,62)(H,55,61)/t33-,36+,37+,40-/m1/s1. The highest BCUT2D eigenvalue weighted by molar-refractivity contribution is 6.03. The van der Waals surface area contributed by atoms with E-state index >= 15 is 0 Å². The maximum absolute atomic E-state index is 14.2. The number of esters is 1. The van der Waals surface area contributed by atoms with Gasteiger partial charge in [-0.25, -0.2) is 33.0 Å². The van der Waals surface area contributed by atoms with Crippen LogP contribution in [0.3, 0.4) is 0 Å². The van der Waals surface area contributed by atoms with Gasteiger partial charge in [0.25, 0.3) is 12.3 Å². The lowest BCUT2D eigenvalue weighted by Gasteiger charge is -2.32. The van der Waals surface area contributed by atoms with E-state index in [0.717, 1.165) is 18.4 Å². The van der Waals surface area contributed by atoms with Crippen LogP contribution in [-0.2, 0) is 37.0 Å². The first kappa shape index (κ1) is 47.3. The molecule has 1 saturated carbocycles. The Kier molecular flexibility index (Phi) is 14.1. The smallest absolute Gasteiger partial charge is 0.410 e. The average Bonchev–Trinajstić information content (AvgIpc) is 3.74. The van der Waals surface area contributed by atoms with E-state index in [1.165, 1.54) is 33.5 Å². The summed E-state index contributed by atoms with van der Waals surface area (Å²) in [7, 11) is 0. The first-order valence-electron chi connectivity index (χ1n) is 22.6. The zero-order valence-corrected chi connectivity index (χ0v) is 37.9. The molecule has 0 unspecified atom stereocenters. The van der Waals surface area contributed by atoms with Gasteiger partial charge in [0.15, 0.2) is 11.4 Å². The molecule has 0 bridgehead atoms. The molecule has 0 spiro atoms. The van der Waals surface area contributed by atoms with E-state index in [1.807, 2.05) is 51.1 Å². The molecule has 358 valence electrons. The number of hydrogen-bond donors (Lipinski definition) is 4. The molecule has 2 saturated heterocycles. The normalized spacial score (nSPS) is 18.6. The van der Waals surface area contributed by atoms with E-state index < -0.39 is 71.5 Å². The molecular weight excluding hydrogens is 883 g/mol. The highest BCUT2D eigenvalue weighted by atomic mass is 19.3. The molecule has 4 atom stereocenters. The molecule has 20 heteroatoms. The summed E-state index contributed by atoms with van der Waals surface area (Å²) in [5.41, 5.74) is 7.12. The number of oxazole rings is 1. The van der Waals surface area contributed by atoms with Crippen molar-refractivity contribution < 1.29 is 46.6 Å². The first-order valence-corrected chi connectivity index (χ1v) is 22.6. The van der Waals surface area contributed by atoms with Crippen molar-refractivity contribution in [2.75, 3.05) is 30.3 Å². The van der Waals surface area contributed by atoms with Crippen LogP contribution in [0.15, 0.2) is 89.8 Å². The number of amides is 4. The second-order valence-electron chi connectivity index (χ2n) is 18.3. The Morgan fingerprint density at radius 3 is 2.44 bits per heavy atom. The molecule has 2 aromatic carbocycles. The van der Waals surface area contributed by atoms with Crippen LogP contribution >= 0.6 is 0 Å². The van der Waals surface area contributed by atoms with Crippen molar-refractivity contribution in [3.8, 4) is 17.1 Å². The lowest BCUT2D eigenvalue weighted by molar-refractivity contribution is -0.154. The number of aromatic nitrogens is 4. The fourth-order valence-corrected chi connectivity index (χ4v) is 7.98. The maximum Gasteiger partial charge on any atom is 0.410 e. The molecule has 5 heterocycles. The third-order valence-electron chi connectivity index (χ3n) is 12.2. The van der Waals surface area contributed by atoms with Crippen LogP contribution in [0.2, 0.25) is 0 Å². The number of halogens is 2. The number of nitrogens with zero attached hydrogens (tertiary/aromatic N) is 6. The molecule has 4 amide bonds. The van der Waals surface area contributed by atoms with E-state index in [4.69, 9.17) is 19.6 Å². The Labute approximate surface area is 390 Å². The number of carbonyl (C=O) groups is 5. The Bertz CT molecular complexity index is 2610. The molecule has 0 radical (unpaired) electrons. The SMILES string of the molecule is CC(C)(C)[C@H](N)C(=O)N1C[C@H](OC(=O)[C@@H]2CCCN2C(=O)OCc2ccccc2)C[C@H]1C(=O)NCc1ccc(-n2cc(NC(=O)c3coc(-c4ccnc(NCC5CC5)c4)n3)c(C(F)F)n2)cc1. The molecule has 3 fully saturated rings. The molecule has 18 nitrogen and oxygen atoms in total. The summed E-state index contributed by atoms with van der Waals surface area (Å²) in [5, 5.41) is 12.6. The molecule has 2 aliphatic heterocycles. The number of alkyl halides is 2. The topological polar surface area (TPSA) is 229 Å². The van der Waals surface area contributed by atoms with Gasteiger partial charge in [0.2, 0.25) is 17.7 Å². The molecular formula is C48H54F2N10O8. The van der Waals surface area contributed by atoms with E-state index in [2.05, 4.69) is 31.0 Å². The van der Waals surface area contributed by atoms with E-state index in [9.17, 15) is 32.8 Å². The lowest BCUT2D eigenvalue weighted by atomic mass is 9.86. The summed E-state index contributed by atoms with van der Waals surface area (Å²) in [6.07, 6.45) is 2.77. The highest BCUT2D eigenvalue weighted by Crippen LogP contribution is 2.32. The number of nitrogens with two attached hydrogens (primary N) is 1. The number of rotatable bonds is 16. The Balaban J connectivity index is 0.884. The third kappa shape index (κ3) is 11.3. The molecule has 1 aliphatic carbocycles. The predicted octanol–water partition coefficient (Wildman–Crippen LogP) is 6.24. The highest BCUT2D eigenvalue weighted by Gasteiger charge is 2.46. The quantitative estimate of drug-likeness (QED) is 0.0805. The van der Waals surface area contributed by atoms with Gasteiger partial charge in [0.1, 0.15) is 36.9 Å². The van der Waals surface area contributed by atoms with Gasteiger partial charge in [-0.2, -0.15) is 5.10 Å². The van der Waals surface area contributed by atoms with Crippen LogP contribution in [0.25, 0.3) is 17.1 Å². The molecule has 5 N–H and O–H groups in total. The number of hydrogen-bond acceptors (Lipinski definition) is 13. The van der Waals surface area contributed by atoms with Crippen molar-refractivity contribution in [1.82, 2.24) is 34.9 Å². The van der Waals surface area contributed by atoms with Gasteiger partial charge in [-0.3, -0.25) is 19.3 Å². The fourth-order valence-electron chi connectivity index (χ4n) is 7.98. The molecule has 3 aliphatic rings. The fraction of sp³-hybridized carbons (Fsp3) is 0.417. The van der Waals surface area contributed by atoms with Gasteiger partial charge in [-0.05, 0) is 72.4 Å². The average molecular weight is 937 g/mol. The number of nitrogens with one attached hydrogen (secondary N) is 3. The van der Waals surface area contributed by atoms with Crippen LogP contribution in [-0.4, -0.2) is 103 Å². The zero-order valence-electron chi connectivity index (χ0n) is 37.9. The number of ether oxygens (including phenoxy) is 2. The van der Waals surface area contributed by atoms with Crippen LogP contribution in [0.4, 0.5) is 25.1 Å². The van der Waals surface area contributed by atoms with Crippen LogP contribution in [0.1, 0.15) is 86.6 Å². The second kappa shape index (κ2) is 20.3. The van der Waals surface area contributed by atoms with E-state index in [1.54, 1.807) is 42.6 Å². The molecule has 5 aromatic rings. The minimum Gasteiger partial charge on any atom is -0.459 e. The Morgan fingerprint density at radius 1 is 0.956 bits per heavy atom. The van der Waals surface area contributed by atoms with Gasteiger partial charge < -0.3 is 40.5 Å². The monoisotopic (exact) mass is 936 g/mol. The lowest BCUT2D eigenvalue weighted by Crippen LogP contribution is -2.54. The third-order valence-corrected chi connectivity index (χ3v) is 12.2. The Morgan fingerprint density at radius 2 is 1.72 bits per heavy atom. The van der Waals surface area contributed by atoms with Crippen LogP contribution in [0.5, 0.6) is 0 Å².